The van der Waals surface area contributed by atoms with Gasteiger partial charge in [-0.1, -0.05) is 97.8 Å². The molecule has 0 N–H and O–H groups in total. The van der Waals surface area contributed by atoms with Crippen LogP contribution in [0.2, 0.25) is 0 Å². The van der Waals surface area contributed by atoms with E-state index in [9.17, 15) is 0 Å². The summed E-state index contributed by atoms with van der Waals surface area (Å²) in [4.78, 5) is 0. The number of rotatable bonds is 2. The molecule has 37 heavy (non-hydrogen) atoms. The number of hydrogen-bond acceptors (Lipinski definition) is 0. The fourth-order valence-corrected chi connectivity index (χ4v) is 4.51. The summed E-state index contributed by atoms with van der Waals surface area (Å²) in [6.45, 7) is 6.18. The molecule has 0 nitrogen and oxygen atoms in total. The third-order valence-corrected chi connectivity index (χ3v) is 8.66. The summed E-state index contributed by atoms with van der Waals surface area (Å²) in [5.41, 5.74) is 7.89. The maximum absolute atomic E-state index is 5.34. The fraction of sp³-hybridized carbons (Fsp3) is 0.0882. The van der Waals surface area contributed by atoms with E-state index in [1.807, 2.05) is 11.2 Å². The minimum Gasteiger partial charge on any atom is -0.165 e. The van der Waals surface area contributed by atoms with Gasteiger partial charge < -0.3 is 0 Å². The topological polar surface area (TPSA) is 0 Å². The van der Waals surface area contributed by atoms with Crippen molar-refractivity contribution in [1.82, 2.24) is 0 Å². The van der Waals surface area contributed by atoms with Crippen molar-refractivity contribution in [3.63, 3.8) is 0 Å². The van der Waals surface area contributed by atoms with E-state index in [2.05, 4.69) is 135 Å². The molecule has 6 aromatic carbocycles. The summed E-state index contributed by atoms with van der Waals surface area (Å²) in [7, 11) is 10.7. The second kappa shape index (κ2) is 13.2. The van der Waals surface area contributed by atoms with E-state index in [-0.39, 0.29) is 0 Å². The van der Waals surface area contributed by atoms with Crippen LogP contribution in [-0.2, 0) is 15.3 Å². The van der Waals surface area contributed by atoms with E-state index < -0.39 is 15.3 Å². The Morgan fingerprint density at radius 1 is 0.568 bits per heavy atom. The Hall–Kier alpha value is -2.74. The van der Waals surface area contributed by atoms with E-state index in [4.69, 9.17) is 18.6 Å². The predicted molar refractivity (Wildman–Crippen MR) is 163 cm³/mol. The number of hydrogen-bond donors (Lipinski definition) is 0. The average Bonchev–Trinajstić information content (AvgIpc) is 3.50. The van der Waals surface area contributed by atoms with Crippen molar-refractivity contribution in [1.29, 1.82) is 0 Å². The second-order valence-electron chi connectivity index (χ2n) is 8.99. The Morgan fingerprint density at radius 2 is 0.946 bits per heavy atom. The summed E-state index contributed by atoms with van der Waals surface area (Å²) >= 11 is -1.54. The van der Waals surface area contributed by atoms with Gasteiger partial charge in [0, 0.05) is 0 Å². The number of benzene rings is 4. The van der Waals surface area contributed by atoms with Gasteiger partial charge in [-0.25, -0.2) is 0 Å². The molecule has 0 aromatic heterocycles. The first-order chi connectivity index (χ1) is 18.0. The summed E-state index contributed by atoms with van der Waals surface area (Å²) in [6.07, 6.45) is 0. The molecule has 0 saturated carbocycles. The molecule has 0 heterocycles. The van der Waals surface area contributed by atoms with Gasteiger partial charge in [0.25, 0.3) is 0 Å². The van der Waals surface area contributed by atoms with Crippen molar-refractivity contribution in [2.75, 3.05) is 0 Å². The Morgan fingerprint density at radius 3 is 1.30 bits per heavy atom. The average molecular weight is 557 g/mol. The molecule has 0 radical (unpaired) electrons. The Kier molecular flexibility index (Phi) is 9.72. The molecule has 6 rings (SSSR count). The zero-order valence-electron chi connectivity index (χ0n) is 21.4. The molecule has 0 saturated heterocycles. The monoisotopic (exact) mass is 556 g/mol. The molecule has 0 amide bonds. The van der Waals surface area contributed by atoms with Gasteiger partial charge in [0.2, 0.25) is 0 Å². The van der Waals surface area contributed by atoms with E-state index >= 15 is 0 Å². The molecule has 0 bridgehead atoms. The van der Waals surface area contributed by atoms with Crippen LogP contribution in [0.25, 0.3) is 43.8 Å². The van der Waals surface area contributed by atoms with Crippen molar-refractivity contribution in [2.45, 2.75) is 20.8 Å². The minimum atomic E-state index is -1.54. The van der Waals surface area contributed by atoms with Crippen molar-refractivity contribution in [3.05, 3.63) is 132 Å². The predicted octanol–water partition coefficient (Wildman–Crippen LogP) is 10.8. The molecule has 0 atom stereocenters. The summed E-state index contributed by atoms with van der Waals surface area (Å²) in [5.74, 6) is 0. The maximum atomic E-state index is 5.34. The van der Waals surface area contributed by atoms with Gasteiger partial charge in [-0.15, -0.1) is 69.1 Å². The van der Waals surface area contributed by atoms with Crippen LogP contribution in [0.4, 0.5) is 0 Å². The molecule has 6 aromatic rings. The molecule has 0 aliphatic heterocycles. The van der Waals surface area contributed by atoms with Crippen molar-refractivity contribution < 1.29 is 15.3 Å². The van der Waals surface area contributed by atoms with Crippen LogP contribution in [0.5, 0.6) is 0 Å². The first kappa shape index (κ1) is 27.3. The second-order valence-corrected chi connectivity index (χ2v) is 15.0. The van der Waals surface area contributed by atoms with Crippen LogP contribution in [-0.4, -0.2) is 4.31 Å². The van der Waals surface area contributed by atoms with E-state index in [0.29, 0.717) is 0 Å². The van der Waals surface area contributed by atoms with Gasteiger partial charge in [-0.05, 0) is 11.1 Å². The summed E-state index contributed by atoms with van der Waals surface area (Å²) in [5, 5.41) is 5.37. The standard InChI is InChI=1S/2C16H13.C2H4.2ClH.Ti/c2*1-12-10-14-8-5-9-15(16(14)11-12)13-6-3-2-4-7-13;1-2;;;/h2*2-11H,1H3;1H,2H3;2*1H;/q2*-1;;;;+2/p-2. The number of fused-ring (bicyclic) bond motifs is 2. The quantitative estimate of drug-likeness (QED) is 0.147. The van der Waals surface area contributed by atoms with Gasteiger partial charge in [0.15, 0.2) is 0 Å². The van der Waals surface area contributed by atoms with Crippen molar-refractivity contribution in [3.8, 4) is 22.3 Å². The van der Waals surface area contributed by atoms with Gasteiger partial charge in [-0.2, -0.15) is 12.1 Å². The van der Waals surface area contributed by atoms with Gasteiger partial charge in [0.05, 0.1) is 0 Å². The smallest absolute Gasteiger partial charge is 0.0279 e. The molecule has 3 heteroatoms. The molecule has 0 fully saturated rings. The molecule has 0 spiro atoms. The van der Waals surface area contributed by atoms with E-state index in [1.165, 1.54) is 54.9 Å². The number of halogens is 2. The normalized spacial score (nSPS) is 10.3. The minimum absolute atomic E-state index is 1.29. The van der Waals surface area contributed by atoms with Crippen LogP contribution >= 0.6 is 18.6 Å². The Bertz CT molecular complexity index is 1490. The van der Waals surface area contributed by atoms with E-state index in [1.54, 1.807) is 0 Å². The molecule has 0 unspecified atom stereocenters. The molecule has 186 valence electrons. The molecule has 0 aliphatic rings. The third-order valence-electron chi connectivity index (χ3n) is 6.18. The fourth-order valence-electron chi connectivity index (χ4n) is 4.51. The Labute approximate surface area is 233 Å². The van der Waals surface area contributed by atoms with Crippen molar-refractivity contribution in [2.24, 2.45) is 0 Å². The first-order valence-electron chi connectivity index (χ1n) is 12.4. The Balaban J connectivity index is 0.000000147. The van der Waals surface area contributed by atoms with Gasteiger partial charge in [0.1, 0.15) is 0 Å². The third kappa shape index (κ3) is 7.19. The number of aryl methyl sites for hydroxylation is 2. The van der Waals surface area contributed by atoms with Crippen LogP contribution in [0, 0.1) is 13.8 Å². The SMILES string of the molecule is C[CH]=[Ti]([Cl])[Cl].Cc1cc2c(-c3ccccc3)cccc2[cH-]1.Cc1cc2c(-c3ccccc3)cccc2[cH-]1. The maximum Gasteiger partial charge on any atom is -0.0279 e. The van der Waals surface area contributed by atoms with Crippen molar-refractivity contribution >= 4 is 44.5 Å². The van der Waals surface area contributed by atoms with Crippen LogP contribution in [0.1, 0.15) is 18.1 Å². The van der Waals surface area contributed by atoms with E-state index in [0.717, 1.165) is 0 Å². The molecular formula is C34H30Cl2Ti-2. The van der Waals surface area contributed by atoms with Crippen LogP contribution in [0.3, 0.4) is 0 Å². The van der Waals surface area contributed by atoms with Gasteiger partial charge >= 0.3 is 45.1 Å². The summed E-state index contributed by atoms with van der Waals surface area (Å²) in [6, 6.07) is 43.1. The first-order valence-corrected chi connectivity index (χ1v) is 17.6. The largest absolute Gasteiger partial charge is 0.165 e. The van der Waals surface area contributed by atoms with Crippen LogP contribution in [0.15, 0.2) is 121 Å². The molecule has 0 aliphatic carbocycles. The summed E-state index contributed by atoms with van der Waals surface area (Å²) < 4.78 is 1.86. The van der Waals surface area contributed by atoms with Crippen LogP contribution < -0.4 is 0 Å². The van der Waals surface area contributed by atoms with Gasteiger partial charge in [-0.3, -0.25) is 0 Å². The zero-order valence-corrected chi connectivity index (χ0v) is 24.5. The molecular weight excluding hydrogens is 527 g/mol. The zero-order chi connectivity index (χ0) is 26.2.